The first kappa shape index (κ1) is 10.8. The van der Waals surface area contributed by atoms with Gasteiger partial charge in [0.1, 0.15) is 5.69 Å². The van der Waals surface area contributed by atoms with Crippen LogP contribution in [0.25, 0.3) is 17.5 Å². The van der Waals surface area contributed by atoms with Gasteiger partial charge in [-0.25, -0.2) is 4.68 Å². The highest BCUT2D eigenvalue weighted by molar-refractivity contribution is 6.28. The molecule has 0 bridgehead atoms. The molecule has 0 saturated carbocycles. The summed E-state index contributed by atoms with van der Waals surface area (Å²) < 4.78 is 3.19. The van der Waals surface area contributed by atoms with Crippen molar-refractivity contribution < 1.29 is 0 Å². The third-order valence-electron chi connectivity index (χ3n) is 2.36. The van der Waals surface area contributed by atoms with Crippen LogP contribution in [0.2, 0.25) is 5.28 Å². The molecule has 3 rings (SSSR count). The van der Waals surface area contributed by atoms with E-state index in [9.17, 15) is 0 Å². The van der Waals surface area contributed by atoms with E-state index in [1.807, 2.05) is 0 Å². The minimum atomic E-state index is 0.117. The van der Waals surface area contributed by atoms with Crippen LogP contribution in [0, 0.1) is 0 Å². The second-order valence-electron chi connectivity index (χ2n) is 3.52. The van der Waals surface area contributed by atoms with Crippen LogP contribution < -0.4 is 0 Å². The smallest absolute Gasteiger partial charge is 0.255 e. The van der Waals surface area contributed by atoms with Crippen molar-refractivity contribution in [2.45, 2.75) is 0 Å². The Balaban J connectivity index is 2.15. The summed E-state index contributed by atoms with van der Waals surface area (Å²) in [5, 5.41) is 8.24. The molecule has 0 aliphatic heterocycles. The molecular formula is C10H8ClN7. The highest BCUT2D eigenvalue weighted by Gasteiger charge is 2.11. The van der Waals surface area contributed by atoms with Crippen LogP contribution in [0.1, 0.15) is 0 Å². The van der Waals surface area contributed by atoms with Crippen LogP contribution in [0.5, 0.6) is 0 Å². The highest BCUT2D eigenvalue weighted by atomic mass is 35.5. The second-order valence-corrected chi connectivity index (χ2v) is 3.86. The average Bonchev–Trinajstić information content (AvgIpc) is 2.98. The molecule has 0 aromatic carbocycles. The molecule has 0 amide bonds. The first-order valence-corrected chi connectivity index (χ1v) is 5.52. The molecule has 3 aromatic heterocycles. The number of rotatable bonds is 2. The van der Waals surface area contributed by atoms with E-state index in [4.69, 9.17) is 11.6 Å². The van der Waals surface area contributed by atoms with Gasteiger partial charge in [-0.1, -0.05) is 0 Å². The van der Waals surface area contributed by atoms with Crippen molar-refractivity contribution in [3.8, 4) is 17.5 Å². The Bertz CT molecular complexity index is 673. The lowest BCUT2D eigenvalue weighted by Gasteiger charge is -2.04. The number of aromatic nitrogens is 7. The van der Waals surface area contributed by atoms with Crippen LogP contribution in [0.4, 0.5) is 0 Å². The van der Waals surface area contributed by atoms with Gasteiger partial charge in [0.05, 0.1) is 0 Å². The van der Waals surface area contributed by atoms with Crippen molar-refractivity contribution >= 4 is 11.6 Å². The molecule has 7 nitrogen and oxygen atoms in total. The van der Waals surface area contributed by atoms with Crippen LogP contribution >= 0.6 is 11.6 Å². The number of halogens is 1. The standard InChI is InChI=1S/C10H8ClN7/c1-17-7(3-5-12-17)8-14-9(11)16-10(15-8)18-6-2-4-13-18/h2-6H,1H3. The van der Waals surface area contributed by atoms with Crippen molar-refractivity contribution in [2.75, 3.05) is 0 Å². The third kappa shape index (κ3) is 1.84. The van der Waals surface area contributed by atoms with E-state index >= 15 is 0 Å². The van der Waals surface area contributed by atoms with Gasteiger partial charge in [-0.05, 0) is 23.7 Å². The van der Waals surface area contributed by atoms with Crippen molar-refractivity contribution in [2.24, 2.45) is 7.05 Å². The molecule has 3 aromatic rings. The number of hydrogen-bond acceptors (Lipinski definition) is 5. The zero-order chi connectivity index (χ0) is 12.5. The van der Waals surface area contributed by atoms with Gasteiger partial charge in [0, 0.05) is 25.6 Å². The summed E-state index contributed by atoms with van der Waals surface area (Å²) in [5.41, 5.74) is 0.757. The molecule has 0 radical (unpaired) electrons. The van der Waals surface area contributed by atoms with E-state index in [1.165, 1.54) is 4.68 Å². The predicted molar refractivity (Wildman–Crippen MR) is 64.2 cm³/mol. The molecule has 8 heteroatoms. The lowest BCUT2D eigenvalue weighted by molar-refractivity contribution is 0.758. The molecule has 0 saturated heterocycles. The van der Waals surface area contributed by atoms with Gasteiger partial charge in [-0.3, -0.25) is 4.68 Å². The molecule has 3 heterocycles. The van der Waals surface area contributed by atoms with Crippen LogP contribution in [0.15, 0.2) is 30.7 Å². The van der Waals surface area contributed by atoms with Crippen LogP contribution in [-0.4, -0.2) is 34.5 Å². The summed E-state index contributed by atoms with van der Waals surface area (Å²) in [6.07, 6.45) is 5.04. The SMILES string of the molecule is Cn1nccc1-c1nc(Cl)nc(-n2cccn2)n1. The summed E-state index contributed by atoms with van der Waals surface area (Å²) >= 11 is 5.90. The van der Waals surface area contributed by atoms with E-state index in [2.05, 4.69) is 25.1 Å². The van der Waals surface area contributed by atoms with Gasteiger partial charge >= 0.3 is 0 Å². The van der Waals surface area contributed by atoms with E-state index in [-0.39, 0.29) is 5.28 Å². The fraction of sp³-hybridized carbons (Fsp3) is 0.100. The maximum atomic E-state index is 5.90. The molecule has 0 fully saturated rings. The van der Waals surface area contributed by atoms with Crippen LogP contribution in [-0.2, 0) is 7.05 Å². The van der Waals surface area contributed by atoms with E-state index in [1.54, 1.807) is 42.5 Å². The van der Waals surface area contributed by atoms with E-state index in [0.29, 0.717) is 11.8 Å². The van der Waals surface area contributed by atoms with E-state index < -0.39 is 0 Å². The predicted octanol–water partition coefficient (Wildman–Crippen LogP) is 1.11. The Labute approximate surface area is 107 Å². The molecule has 0 atom stereocenters. The van der Waals surface area contributed by atoms with Crippen molar-refractivity contribution in [3.63, 3.8) is 0 Å². The molecule has 18 heavy (non-hydrogen) atoms. The summed E-state index contributed by atoms with van der Waals surface area (Å²) in [7, 11) is 1.81. The van der Waals surface area contributed by atoms with E-state index in [0.717, 1.165) is 5.69 Å². The maximum Gasteiger partial charge on any atom is 0.255 e. The highest BCUT2D eigenvalue weighted by Crippen LogP contribution is 2.16. The Morgan fingerprint density at radius 3 is 2.67 bits per heavy atom. The number of hydrogen-bond donors (Lipinski definition) is 0. The summed E-state index contributed by atoms with van der Waals surface area (Å²) in [6.45, 7) is 0. The maximum absolute atomic E-state index is 5.90. The summed E-state index contributed by atoms with van der Waals surface area (Å²) in [6, 6.07) is 3.58. The topological polar surface area (TPSA) is 74.3 Å². The molecule has 0 spiro atoms. The quantitative estimate of drug-likeness (QED) is 0.691. The summed E-state index contributed by atoms with van der Waals surface area (Å²) in [4.78, 5) is 12.4. The Morgan fingerprint density at radius 1 is 1.11 bits per heavy atom. The van der Waals surface area contributed by atoms with Crippen molar-refractivity contribution in [1.29, 1.82) is 0 Å². The lowest BCUT2D eigenvalue weighted by Crippen LogP contribution is -2.06. The first-order chi connectivity index (χ1) is 8.74. The van der Waals surface area contributed by atoms with Crippen molar-refractivity contribution in [3.05, 3.63) is 36.0 Å². The largest absolute Gasteiger partial charge is 0.265 e. The Morgan fingerprint density at radius 2 is 2.00 bits per heavy atom. The van der Waals surface area contributed by atoms with Crippen molar-refractivity contribution in [1.82, 2.24) is 34.5 Å². The first-order valence-electron chi connectivity index (χ1n) is 5.14. The fourth-order valence-electron chi connectivity index (χ4n) is 1.54. The molecule has 0 N–H and O–H groups in total. The number of nitrogens with zero attached hydrogens (tertiary/aromatic N) is 7. The normalized spacial score (nSPS) is 10.8. The van der Waals surface area contributed by atoms with Gasteiger partial charge in [-0.2, -0.15) is 25.1 Å². The second kappa shape index (κ2) is 4.19. The fourth-order valence-corrected chi connectivity index (χ4v) is 1.69. The zero-order valence-corrected chi connectivity index (χ0v) is 10.2. The van der Waals surface area contributed by atoms with Gasteiger partial charge in [-0.15, -0.1) is 0 Å². The molecule has 0 aliphatic carbocycles. The monoisotopic (exact) mass is 261 g/mol. The lowest BCUT2D eigenvalue weighted by atomic mass is 10.4. The molecule has 0 aliphatic rings. The Kier molecular flexibility index (Phi) is 2.52. The third-order valence-corrected chi connectivity index (χ3v) is 2.52. The van der Waals surface area contributed by atoms with Gasteiger partial charge in [0.2, 0.25) is 5.28 Å². The zero-order valence-electron chi connectivity index (χ0n) is 9.40. The summed E-state index contributed by atoms with van der Waals surface area (Å²) in [5.74, 6) is 0.830. The average molecular weight is 262 g/mol. The van der Waals surface area contributed by atoms with Crippen LogP contribution in [0.3, 0.4) is 0 Å². The van der Waals surface area contributed by atoms with Gasteiger partial charge in [0.15, 0.2) is 5.82 Å². The minimum Gasteiger partial charge on any atom is -0.265 e. The minimum absolute atomic E-state index is 0.117. The molecular weight excluding hydrogens is 254 g/mol. The van der Waals surface area contributed by atoms with Gasteiger partial charge in [0.25, 0.3) is 5.95 Å². The number of aryl methyl sites for hydroxylation is 1. The molecule has 90 valence electrons. The van der Waals surface area contributed by atoms with Gasteiger partial charge < -0.3 is 0 Å². The molecule has 0 unspecified atom stereocenters. The Hall–Kier alpha value is -2.28.